The molecule has 0 unspecified atom stereocenters. The van der Waals surface area contributed by atoms with Crippen LogP contribution in [0, 0.1) is 6.92 Å². The van der Waals surface area contributed by atoms with Crippen molar-refractivity contribution in [1.82, 2.24) is 14.7 Å². The van der Waals surface area contributed by atoms with Crippen LogP contribution in [-0.2, 0) is 11.3 Å². The molecule has 1 fully saturated rings. The van der Waals surface area contributed by atoms with Crippen LogP contribution in [0.1, 0.15) is 30.5 Å². The highest BCUT2D eigenvalue weighted by molar-refractivity contribution is 5.32. The molecule has 0 saturated carbocycles. The maximum Gasteiger partial charge on any atom is 0.0702 e. The second-order valence-electron chi connectivity index (χ2n) is 6.21. The molecule has 1 aliphatic heterocycles. The molecule has 4 heteroatoms. The summed E-state index contributed by atoms with van der Waals surface area (Å²) in [7, 11) is 2.16. The van der Waals surface area contributed by atoms with Crippen molar-refractivity contribution in [3.8, 4) is 5.69 Å². The van der Waals surface area contributed by atoms with E-state index in [9.17, 15) is 0 Å². The lowest BCUT2D eigenvalue weighted by Gasteiger charge is -2.27. The topological polar surface area (TPSA) is 30.3 Å². The zero-order valence-corrected chi connectivity index (χ0v) is 13.5. The molecule has 1 aromatic heterocycles. The van der Waals surface area contributed by atoms with Gasteiger partial charge in [-0.2, -0.15) is 5.10 Å². The average Bonchev–Trinajstić information content (AvgIpc) is 2.90. The number of rotatable bonds is 5. The first-order chi connectivity index (χ1) is 10.7. The van der Waals surface area contributed by atoms with E-state index in [1.807, 2.05) is 22.9 Å². The predicted molar refractivity (Wildman–Crippen MR) is 88.2 cm³/mol. The van der Waals surface area contributed by atoms with Crippen molar-refractivity contribution < 1.29 is 4.74 Å². The van der Waals surface area contributed by atoms with Crippen molar-refractivity contribution in [2.24, 2.45) is 0 Å². The van der Waals surface area contributed by atoms with Crippen LogP contribution < -0.4 is 0 Å². The first-order valence-corrected chi connectivity index (χ1v) is 8.13. The minimum absolute atomic E-state index is 0.392. The summed E-state index contributed by atoms with van der Waals surface area (Å²) < 4.78 is 7.80. The Bertz CT molecular complexity index is 588. The number of aryl methyl sites for hydroxylation is 1. The molecule has 1 aromatic carbocycles. The number of para-hydroxylation sites is 1. The van der Waals surface area contributed by atoms with E-state index in [1.54, 1.807) is 0 Å². The Kier molecular flexibility index (Phi) is 4.90. The molecule has 1 atom stereocenters. The van der Waals surface area contributed by atoms with E-state index in [0.717, 1.165) is 31.1 Å². The first kappa shape index (κ1) is 15.3. The fourth-order valence-electron chi connectivity index (χ4n) is 3.02. The Morgan fingerprint density at radius 1 is 1.27 bits per heavy atom. The van der Waals surface area contributed by atoms with Crippen molar-refractivity contribution in [1.29, 1.82) is 0 Å². The Balaban J connectivity index is 1.63. The maximum absolute atomic E-state index is 5.83. The van der Waals surface area contributed by atoms with Gasteiger partial charge in [0.2, 0.25) is 0 Å². The highest BCUT2D eigenvalue weighted by Gasteiger charge is 2.17. The average molecular weight is 299 g/mol. The second kappa shape index (κ2) is 7.07. The lowest BCUT2D eigenvalue weighted by atomic mass is 10.1. The number of benzene rings is 1. The molecule has 3 rings (SSSR count). The van der Waals surface area contributed by atoms with Crippen molar-refractivity contribution in [3.63, 3.8) is 0 Å². The van der Waals surface area contributed by atoms with Gasteiger partial charge in [-0.3, -0.25) is 4.90 Å². The summed E-state index contributed by atoms with van der Waals surface area (Å²) >= 11 is 0. The van der Waals surface area contributed by atoms with Crippen molar-refractivity contribution in [2.45, 2.75) is 38.8 Å². The molecule has 0 N–H and O–H groups in total. The fourth-order valence-corrected chi connectivity index (χ4v) is 3.02. The number of likely N-dealkylation sites (N-methyl/N-ethyl adjacent to an activating group) is 1. The van der Waals surface area contributed by atoms with E-state index >= 15 is 0 Å². The zero-order valence-electron chi connectivity index (χ0n) is 13.5. The minimum Gasteiger partial charge on any atom is -0.377 e. The molecular formula is C18H25N3O. The summed E-state index contributed by atoms with van der Waals surface area (Å²) in [4.78, 5) is 2.34. The van der Waals surface area contributed by atoms with Gasteiger partial charge in [0, 0.05) is 31.5 Å². The van der Waals surface area contributed by atoms with Gasteiger partial charge in [0.05, 0.1) is 17.5 Å². The third kappa shape index (κ3) is 3.76. The molecule has 118 valence electrons. The van der Waals surface area contributed by atoms with E-state index < -0.39 is 0 Å². The summed E-state index contributed by atoms with van der Waals surface area (Å²) in [5.41, 5.74) is 3.48. The molecule has 1 aliphatic rings. The van der Waals surface area contributed by atoms with E-state index in [1.165, 1.54) is 24.8 Å². The van der Waals surface area contributed by atoms with Crippen LogP contribution in [0.15, 0.2) is 36.5 Å². The van der Waals surface area contributed by atoms with Crippen LogP contribution in [0.3, 0.4) is 0 Å². The molecule has 1 saturated heterocycles. The minimum atomic E-state index is 0.392. The summed E-state index contributed by atoms with van der Waals surface area (Å²) in [6.07, 6.45) is 6.23. The molecule has 2 heterocycles. The molecular weight excluding hydrogens is 274 g/mol. The maximum atomic E-state index is 5.83. The third-order valence-electron chi connectivity index (χ3n) is 4.25. The highest BCUT2D eigenvalue weighted by atomic mass is 16.5. The molecule has 0 aliphatic carbocycles. The number of nitrogens with zero attached hydrogens (tertiary/aromatic N) is 3. The van der Waals surface area contributed by atoms with E-state index in [-0.39, 0.29) is 0 Å². The lowest BCUT2D eigenvalue weighted by Crippen LogP contribution is -2.33. The molecule has 0 radical (unpaired) electrons. The van der Waals surface area contributed by atoms with Crippen LogP contribution in [0.2, 0.25) is 0 Å². The SMILES string of the molecule is Cc1nn(-c2ccccc2)cc1CN(C)C[C@H]1CCCCO1. The summed E-state index contributed by atoms with van der Waals surface area (Å²) in [5.74, 6) is 0. The molecule has 4 nitrogen and oxygen atoms in total. The fraction of sp³-hybridized carbons (Fsp3) is 0.500. The number of aromatic nitrogens is 2. The molecule has 0 bridgehead atoms. The molecule has 22 heavy (non-hydrogen) atoms. The number of ether oxygens (including phenoxy) is 1. The predicted octanol–water partition coefficient (Wildman–Crippen LogP) is 3.18. The Morgan fingerprint density at radius 3 is 2.82 bits per heavy atom. The summed E-state index contributed by atoms with van der Waals surface area (Å²) in [5, 5.41) is 4.64. The van der Waals surface area contributed by atoms with Gasteiger partial charge in [-0.05, 0) is 45.4 Å². The van der Waals surface area contributed by atoms with Gasteiger partial charge in [0.15, 0.2) is 0 Å². The van der Waals surface area contributed by atoms with Gasteiger partial charge >= 0.3 is 0 Å². The van der Waals surface area contributed by atoms with Crippen molar-refractivity contribution in [3.05, 3.63) is 47.8 Å². The number of hydrogen-bond donors (Lipinski definition) is 0. The largest absolute Gasteiger partial charge is 0.377 e. The van der Waals surface area contributed by atoms with Gasteiger partial charge in [0.25, 0.3) is 0 Å². The second-order valence-corrected chi connectivity index (χ2v) is 6.21. The van der Waals surface area contributed by atoms with E-state index in [4.69, 9.17) is 4.74 Å². The Hall–Kier alpha value is -1.65. The summed E-state index contributed by atoms with van der Waals surface area (Å²) in [6, 6.07) is 10.3. The lowest BCUT2D eigenvalue weighted by molar-refractivity contribution is -0.00261. The standard InChI is InChI=1S/C18H25N3O/c1-15-16(12-20(2)14-18-10-6-7-11-22-18)13-21(19-15)17-8-4-3-5-9-17/h3-5,8-9,13,18H,6-7,10-12,14H2,1-2H3/t18-/m1/s1. The normalized spacial score (nSPS) is 18.8. The van der Waals surface area contributed by atoms with Gasteiger partial charge in [0.1, 0.15) is 0 Å². The van der Waals surface area contributed by atoms with Crippen LogP contribution in [0.5, 0.6) is 0 Å². The van der Waals surface area contributed by atoms with Gasteiger partial charge in [-0.1, -0.05) is 18.2 Å². The van der Waals surface area contributed by atoms with E-state index in [0.29, 0.717) is 6.10 Å². The molecule has 0 amide bonds. The number of hydrogen-bond acceptors (Lipinski definition) is 3. The highest BCUT2D eigenvalue weighted by Crippen LogP contribution is 2.16. The van der Waals surface area contributed by atoms with E-state index in [2.05, 4.69) is 42.3 Å². The van der Waals surface area contributed by atoms with Crippen LogP contribution >= 0.6 is 0 Å². The van der Waals surface area contributed by atoms with Crippen molar-refractivity contribution in [2.75, 3.05) is 20.2 Å². The Morgan fingerprint density at radius 2 is 2.09 bits per heavy atom. The molecule has 2 aromatic rings. The molecule has 0 spiro atoms. The first-order valence-electron chi connectivity index (χ1n) is 8.13. The van der Waals surface area contributed by atoms with Crippen LogP contribution in [0.25, 0.3) is 5.69 Å². The van der Waals surface area contributed by atoms with Crippen LogP contribution in [-0.4, -0.2) is 41.0 Å². The zero-order chi connectivity index (χ0) is 15.4. The Labute approximate surface area is 132 Å². The van der Waals surface area contributed by atoms with Crippen LogP contribution in [0.4, 0.5) is 0 Å². The van der Waals surface area contributed by atoms with Crippen molar-refractivity contribution >= 4 is 0 Å². The van der Waals surface area contributed by atoms with Gasteiger partial charge < -0.3 is 4.74 Å². The van der Waals surface area contributed by atoms with Gasteiger partial charge in [-0.15, -0.1) is 0 Å². The third-order valence-corrected chi connectivity index (χ3v) is 4.25. The quantitative estimate of drug-likeness (QED) is 0.849. The monoisotopic (exact) mass is 299 g/mol. The summed E-state index contributed by atoms with van der Waals surface area (Å²) in [6.45, 7) is 4.91. The van der Waals surface area contributed by atoms with Gasteiger partial charge in [-0.25, -0.2) is 4.68 Å². The smallest absolute Gasteiger partial charge is 0.0702 e.